The predicted octanol–water partition coefficient (Wildman–Crippen LogP) is 3.81. The lowest BCUT2D eigenvalue weighted by Gasteiger charge is -2.21. The van der Waals surface area contributed by atoms with Crippen LogP contribution in [0.25, 0.3) is 0 Å². The van der Waals surface area contributed by atoms with Crippen LogP contribution in [0.2, 0.25) is 0 Å². The summed E-state index contributed by atoms with van der Waals surface area (Å²) in [5.74, 6) is -0.559. The number of hydrogen-bond acceptors (Lipinski definition) is 5. The third-order valence-corrected chi connectivity index (χ3v) is 6.71. The van der Waals surface area contributed by atoms with Crippen molar-refractivity contribution < 1.29 is 22.4 Å². The first kappa shape index (κ1) is 22.3. The van der Waals surface area contributed by atoms with E-state index in [1.54, 1.807) is 50.2 Å². The second-order valence-electron chi connectivity index (χ2n) is 7.10. The van der Waals surface area contributed by atoms with Gasteiger partial charge in [-0.2, -0.15) is 4.31 Å². The van der Waals surface area contributed by atoms with Crippen molar-refractivity contribution in [3.63, 3.8) is 0 Å². The van der Waals surface area contributed by atoms with E-state index >= 15 is 0 Å². The average molecular weight is 442 g/mol. The van der Waals surface area contributed by atoms with Crippen LogP contribution in [-0.4, -0.2) is 37.6 Å². The number of rotatable bonds is 7. The Hall–Kier alpha value is -3.43. The molecule has 1 aromatic heterocycles. The van der Waals surface area contributed by atoms with E-state index in [9.17, 15) is 18.0 Å². The zero-order chi connectivity index (χ0) is 22.6. The van der Waals surface area contributed by atoms with Gasteiger partial charge in [-0.1, -0.05) is 0 Å². The van der Waals surface area contributed by atoms with Gasteiger partial charge < -0.3 is 15.1 Å². The second-order valence-corrected chi connectivity index (χ2v) is 9.10. The molecule has 0 aliphatic heterocycles. The summed E-state index contributed by atoms with van der Waals surface area (Å²) in [5, 5.41) is 5.42. The number of carbonyl (C=O) groups is 2. The Labute approximate surface area is 180 Å². The molecular weight excluding hydrogens is 418 g/mol. The molecule has 3 rings (SSSR count). The lowest BCUT2D eigenvalue weighted by atomic mass is 10.2. The van der Waals surface area contributed by atoms with Gasteiger partial charge in [-0.15, -0.1) is 0 Å². The van der Waals surface area contributed by atoms with Crippen molar-refractivity contribution >= 4 is 33.2 Å². The van der Waals surface area contributed by atoms with Gasteiger partial charge in [-0.3, -0.25) is 9.59 Å². The van der Waals surface area contributed by atoms with Crippen molar-refractivity contribution in [1.29, 1.82) is 0 Å². The lowest BCUT2D eigenvalue weighted by Crippen LogP contribution is -2.33. The number of furan rings is 1. The van der Waals surface area contributed by atoms with Gasteiger partial charge in [0, 0.05) is 30.0 Å². The molecule has 0 fully saturated rings. The second kappa shape index (κ2) is 9.15. The number of nitrogens with one attached hydrogen (secondary N) is 2. The van der Waals surface area contributed by atoms with E-state index in [2.05, 4.69) is 10.6 Å². The van der Waals surface area contributed by atoms with Gasteiger partial charge in [-0.05, 0) is 74.5 Å². The van der Waals surface area contributed by atoms with E-state index in [0.29, 0.717) is 16.9 Å². The minimum atomic E-state index is -3.61. The zero-order valence-corrected chi connectivity index (χ0v) is 18.1. The van der Waals surface area contributed by atoms with Crippen LogP contribution in [0.1, 0.15) is 34.8 Å². The van der Waals surface area contributed by atoms with Crippen LogP contribution >= 0.6 is 0 Å². The van der Waals surface area contributed by atoms with Crippen molar-refractivity contribution in [2.45, 2.75) is 24.8 Å². The summed E-state index contributed by atoms with van der Waals surface area (Å²) < 4.78 is 31.3. The molecule has 31 heavy (non-hydrogen) atoms. The smallest absolute Gasteiger partial charge is 0.291 e. The highest BCUT2D eigenvalue weighted by molar-refractivity contribution is 7.89. The van der Waals surface area contributed by atoms with Gasteiger partial charge in [0.15, 0.2) is 5.76 Å². The van der Waals surface area contributed by atoms with E-state index in [0.717, 1.165) is 0 Å². The van der Waals surface area contributed by atoms with Crippen molar-refractivity contribution in [1.82, 2.24) is 4.31 Å². The van der Waals surface area contributed by atoms with Gasteiger partial charge in [0.1, 0.15) is 0 Å². The maximum Gasteiger partial charge on any atom is 0.291 e. The molecule has 8 nitrogen and oxygen atoms in total. The number of carbonyl (C=O) groups excluding carboxylic acids is 2. The molecule has 9 heteroatoms. The molecule has 0 atom stereocenters. The molecule has 0 spiro atoms. The van der Waals surface area contributed by atoms with E-state index in [1.165, 1.54) is 41.9 Å². The number of hydrogen-bond donors (Lipinski definition) is 2. The number of amides is 2. The van der Waals surface area contributed by atoms with Gasteiger partial charge in [0.05, 0.1) is 11.2 Å². The van der Waals surface area contributed by atoms with Gasteiger partial charge in [0.25, 0.3) is 11.8 Å². The summed E-state index contributed by atoms with van der Waals surface area (Å²) in [6, 6.07) is 15.3. The predicted molar refractivity (Wildman–Crippen MR) is 118 cm³/mol. The van der Waals surface area contributed by atoms with Crippen molar-refractivity contribution in [2.24, 2.45) is 0 Å². The molecule has 0 bridgehead atoms. The molecule has 3 aromatic rings. The first-order valence-corrected chi connectivity index (χ1v) is 11.0. The van der Waals surface area contributed by atoms with E-state index in [-0.39, 0.29) is 28.5 Å². The van der Waals surface area contributed by atoms with Crippen LogP contribution in [0.15, 0.2) is 76.2 Å². The largest absolute Gasteiger partial charge is 0.459 e. The number of nitrogens with zero attached hydrogens (tertiary/aromatic N) is 1. The minimum Gasteiger partial charge on any atom is -0.459 e. The Morgan fingerprint density at radius 1 is 0.871 bits per heavy atom. The monoisotopic (exact) mass is 441 g/mol. The molecule has 0 saturated heterocycles. The molecule has 162 valence electrons. The maximum atomic E-state index is 12.5. The summed E-state index contributed by atoms with van der Waals surface area (Å²) in [7, 11) is -2.10. The van der Waals surface area contributed by atoms with E-state index < -0.39 is 10.0 Å². The molecule has 0 aliphatic carbocycles. The van der Waals surface area contributed by atoms with Crippen molar-refractivity contribution in [3.8, 4) is 0 Å². The zero-order valence-electron chi connectivity index (χ0n) is 17.3. The van der Waals surface area contributed by atoms with Crippen LogP contribution in [0.3, 0.4) is 0 Å². The number of anilines is 2. The molecule has 2 amide bonds. The number of sulfonamides is 1. The van der Waals surface area contributed by atoms with Gasteiger partial charge in [0.2, 0.25) is 10.0 Å². The summed E-state index contributed by atoms with van der Waals surface area (Å²) >= 11 is 0. The molecule has 2 aromatic carbocycles. The molecule has 0 radical (unpaired) electrons. The molecule has 2 N–H and O–H groups in total. The van der Waals surface area contributed by atoms with E-state index in [1.807, 2.05) is 0 Å². The Morgan fingerprint density at radius 2 is 1.42 bits per heavy atom. The lowest BCUT2D eigenvalue weighted by molar-refractivity contribution is 0.0994. The third-order valence-electron chi connectivity index (χ3n) is 4.67. The third kappa shape index (κ3) is 5.19. The summed E-state index contributed by atoms with van der Waals surface area (Å²) in [4.78, 5) is 24.6. The molecule has 0 saturated carbocycles. The molecule has 0 aliphatic rings. The Kier molecular flexibility index (Phi) is 6.57. The summed E-state index contributed by atoms with van der Waals surface area (Å²) in [6.07, 6.45) is 1.41. The molecule has 0 unspecified atom stereocenters. The SMILES string of the molecule is CC(C)N(C)S(=O)(=O)c1ccc(C(=O)Nc2ccc(NC(=O)c3ccco3)cc2)cc1. The number of benzene rings is 2. The van der Waals surface area contributed by atoms with Crippen LogP contribution < -0.4 is 10.6 Å². The van der Waals surface area contributed by atoms with Crippen molar-refractivity contribution in [3.05, 3.63) is 78.3 Å². The Bertz CT molecular complexity index is 1150. The van der Waals surface area contributed by atoms with Crippen LogP contribution in [0, 0.1) is 0 Å². The van der Waals surface area contributed by atoms with Crippen LogP contribution in [-0.2, 0) is 10.0 Å². The van der Waals surface area contributed by atoms with Crippen LogP contribution in [0.4, 0.5) is 11.4 Å². The summed E-state index contributed by atoms with van der Waals surface area (Å²) in [5.41, 5.74) is 1.39. The normalized spacial score (nSPS) is 11.5. The standard InChI is InChI=1S/C22H23N3O5S/c1-15(2)25(3)31(28,29)19-12-6-16(7-13-19)21(26)23-17-8-10-18(11-9-17)24-22(27)20-5-4-14-30-20/h4-15H,1-3H3,(H,23,26)(H,24,27). The fraction of sp³-hybridized carbons (Fsp3) is 0.182. The highest BCUT2D eigenvalue weighted by Gasteiger charge is 2.23. The molecular formula is C22H23N3O5S. The summed E-state index contributed by atoms with van der Waals surface area (Å²) in [6.45, 7) is 3.57. The van der Waals surface area contributed by atoms with E-state index in [4.69, 9.17) is 4.42 Å². The average Bonchev–Trinajstić information content (AvgIpc) is 3.29. The first-order valence-electron chi connectivity index (χ1n) is 9.53. The van der Waals surface area contributed by atoms with Crippen LogP contribution in [0.5, 0.6) is 0 Å². The first-order chi connectivity index (χ1) is 14.7. The van der Waals surface area contributed by atoms with Crippen molar-refractivity contribution in [2.75, 3.05) is 17.7 Å². The van der Waals surface area contributed by atoms with Gasteiger partial charge in [-0.25, -0.2) is 8.42 Å². The molecule has 1 heterocycles. The fourth-order valence-electron chi connectivity index (χ4n) is 2.66. The highest BCUT2D eigenvalue weighted by Crippen LogP contribution is 2.19. The fourth-order valence-corrected chi connectivity index (χ4v) is 4.03. The Morgan fingerprint density at radius 3 is 1.90 bits per heavy atom. The maximum absolute atomic E-state index is 12.5. The quantitative estimate of drug-likeness (QED) is 0.579. The Balaban J connectivity index is 1.64. The topological polar surface area (TPSA) is 109 Å². The van der Waals surface area contributed by atoms with Gasteiger partial charge >= 0.3 is 0 Å². The highest BCUT2D eigenvalue weighted by atomic mass is 32.2. The minimum absolute atomic E-state index is 0.122.